The van der Waals surface area contributed by atoms with Gasteiger partial charge in [-0.3, -0.25) is 0 Å². The molecule has 8 heteroatoms. The van der Waals surface area contributed by atoms with Crippen molar-refractivity contribution in [1.82, 2.24) is 9.97 Å². The van der Waals surface area contributed by atoms with Gasteiger partial charge in [-0.2, -0.15) is 4.98 Å². The Morgan fingerprint density at radius 1 is 1.09 bits per heavy atom. The number of methoxy groups -OCH3 is 1. The van der Waals surface area contributed by atoms with Crippen LogP contribution in [0.5, 0.6) is 0 Å². The number of hydrogen-bond acceptors (Lipinski definition) is 8. The summed E-state index contributed by atoms with van der Waals surface area (Å²) in [6.45, 7) is 5.45. The summed E-state index contributed by atoms with van der Waals surface area (Å²) in [6, 6.07) is 8.71. The first-order valence-corrected chi connectivity index (χ1v) is 13.8. The Bertz CT molecular complexity index is 961. The van der Waals surface area contributed by atoms with E-state index in [4.69, 9.17) is 15.0 Å². The summed E-state index contributed by atoms with van der Waals surface area (Å²) in [4.78, 5) is 14.7. The van der Waals surface area contributed by atoms with Gasteiger partial charge in [-0.1, -0.05) is 38.0 Å². The van der Waals surface area contributed by atoms with Gasteiger partial charge < -0.3 is 20.5 Å². The van der Waals surface area contributed by atoms with E-state index in [1.165, 1.54) is 18.4 Å². The van der Waals surface area contributed by atoms with Gasteiger partial charge in [0.2, 0.25) is 5.95 Å². The van der Waals surface area contributed by atoms with Crippen LogP contribution in [0.25, 0.3) is 0 Å². The molecular formula is C27H41N5O2S. The molecule has 1 saturated carbocycles. The minimum Gasteiger partial charge on any atom is -0.396 e. The molecule has 1 aromatic heterocycles. The predicted molar refractivity (Wildman–Crippen MR) is 148 cm³/mol. The van der Waals surface area contributed by atoms with Crippen LogP contribution in [0.2, 0.25) is 0 Å². The molecule has 7 nitrogen and oxygen atoms in total. The highest BCUT2D eigenvalue weighted by atomic mass is 32.2. The fraction of sp³-hybridized carbons (Fsp3) is 0.593. The van der Waals surface area contributed by atoms with Crippen molar-refractivity contribution in [3.05, 3.63) is 41.1 Å². The molecule has 2 aromatic rings. The van der Waals surface area contributed by atoms with Crippen molar-refractivity contribution >= 4 is 34.3 Å². The third kappa shape index (κ3) is 7.92. The molecule has 0 spiro atoms. The number of benzene rings is 1. The summed E-state index contributed by atoms with van der Waals surface area (Å²) in [6.07, 6.45) is 7.73. The van der Waals surface area contributed by atoms with Crippen molar-refractivity contribution in [2.24, 2.45) is 10.9 Å². The van der Waals surface area contributed by atoms with Gasteiger partial charge in [-0.05, 0) is 56.6 Å². The van der Waals surface area contributed by atoms with Gasteiger partial charge in [-0.15, -0.1) is 11.8 Å². The first kappa shape index (κ1) is 27.4. The Kier molecular flexibility index (Phi) is 11.3. The minimum atomic E-state index is 0.295. The summed E-state index contributed by atoms with van der Waals surface area (Å²) in [5.74, 6) is 2.92. The van der Waals surface area contributed by atoms with Gasteiger partial charge in [0, 0.05) is 39.2 Å². The average Bonchev–Trinajstić information content (AvgIpc) is 2.87. The lowest BCUT2D eigenvalue weighted by Gasteiger charge is -2.29. The normalized spacial score (nSPS) is 19.2. The topological polar surface area (TPSA) is 91.7 Å². The summed E-state index contributed by atoms with van der Waals surface area (Å²) in [5.41, 5.74) is 4.28. The standard InChI is InChI=1S/C25H35N5OS.C2H6O/c1-3-4-7-14-26-25-27-17(2)22(24-29-21-9-6-5-8-19(21)16-32-24)23(30-25)28-20-12-10-18(15-31)11-13-20;1-3-2/h5-6,8-9,18,20,31H,3-4,7,10-16H2,1-2H3,(H2,26,27,28,30);1-2H3. The van der Waals surface area contributed by atoms with E-state index >= 15 is 0 Å². The van der Waals surface area contributed by atoms with E-state index in [9.17, 15) is 5.11 Å². The quantitative estimate of drug-likeness (QED) is 0.368. The fourth-order valence-corrected chi connectivity index (χ4v) is 5.52. The zero-order valence-electron chi connectivity index (χ0n) is 21.6. The molecule has 1 aliphatic carbocycles. The fourth-order valence-electron chi connectivity index (χ4n) is 4.43. The van der Waals surface area contributed by atoms with Crippen LogP contribution in [0.15, 0.2) is 29.3 Å². The number of rotatable bonds is 9. The first-order valence-electron chi connectivity index (χ1n) is 12.8. The molecule has 0 bridgehead atoms. The minimum absolute atomic E-state index is 0.295. The van der Waals surface area contributed by atoms with Crippen molar-refractivity contribution < 1.29 is 9.84 Å². The zero-order chi connectivity index (χ0) is 25.0. The molecule has 0 radical (unpaired) electrons. The number of unbranched alkanes of at least 4 members (excludes halogenated alkanes) is 2. The summed E-state index contributed by atoms with van der Waals surface area (Å²) >= 11 is 1.76. The van der Waals surface area contributed by atoms with Gasteiger partial charge in [0.15, 0.2) is 0 Å². The average molecular weight is 500 g/mol. The number of aliphatic imine (C=N–C) groups is 1. The maximum Gasteiger partial charge on any atom is 0.224 e. The van der Waals surface area contributed by atoms with E-state index in [-0.39, 0.29) is 0 Å². The second-order valence-electron chi connectivity index (χ2n) is 9.28. The van der Waals surface area contributed by atoms with E-state index in [2.05, 4.69) is 47.4 Å². The smallest absolute Gasteiger partial charge is 0.224 e. The van der Waals surface area contributed by atoms with Crippen LogP contribution in [-0.2, 0) is 10.5 Å². The highest BCUT2D eigenvalue weighted by molar-refractivity contribution is 8.13. The monoisotopic (exact) mass is 499 g/mol. The van der Waals surface area contributed by atoms with Crippen LogP contribution < -0.4 is 10.6 Å². The molecule has 0 saturated heterocycles. The second-order valence-corrected chi connectivity index (χ2v) is 10.2. The molecule has 1 aromatic carbocycles. The van der Waals surface area contributed by atoms with Crippen LogP contribution in [0.4, 0.5) is 17.5 Å². The van der Waals surface area contributed by atoms with Crippen molar-refractivity contribution in [2.75, 3.05) is 38.0 Å². The molecule has 3 N–H and O–H groups in total. The van der Waals surface area contributed by atoms with Crippen LogP contribution in [0, 0.1) is 12.8 Å². The third-order valence-corrected chi connectivity index (χ3v) is 7.42. The van der Waals surface area contributed by atoms with Crippen LogP contribution in [-0.4, -0.2) is 53.5 Å². The molecular weight excluding hydrogens is 458 g/mol. The molecule has 35 heavy (non-hydrogen) atoms. The molecule has 0 atom stereocenters. The molecule has 0 amide bonds. The van der Waals surface area contributed by atoms with Crippen LogP contribution in [0.1, 0.15) is 68.7 Å². The molecule has 2 heterocycles. The lowest BCUT2D eigenvalue weighted by molar-refractivity contribution is 0.185. The Balaban J connectivity index is 0.00000108. The highest BCUT2D eigenvalue weighted by Gasteiger charge is 2.25. The van der Waals surface area contributed by atoms with Gasteiger partial charge in [0.05, 0.1) is 16.9 Å². The van der Waals surface area contributed by atoms with Gasteiger partial charge in [0.25, 0.3) is 0 Å². The SMILES string of the molecule is CCCCCNc1nc(C)c(C2=Nc3ccccc3CS2)c(NC2CCC(CO)CC2)n1.COC. The first-order chi connectivity index (χ1) is 17.1. The number of anilines is 2. The number of para-hydroxylation sites is 1. The highest BCUT2D eigenvalue weighted by Crippen LogP contribution is 2.36. The number of thioether (sulfide) groups is 1. The van der Waals surface area contributed by atoms with Crippen LogP contribution in [0.3, 0.4) is 0 Å². The molecule has 192 valence electrons. The number of aromatic nitrogens is 2. The van der Waals surface area contributed by atoms with Crippen molar-refractivity contribution in [2.45, 2.75) is 70.6 Å². The third-order valence-electron chi connectivity index (χ3n) is 6.39. The van der Waals surface area contributed by atoms with Gasteiger partial charge in [0.1, 0.15) is 10.9 Å². The zero-order valence-corrected chi connectivity index (χ0v) is 22.5. The van der Waals surface area contributed by atoms with Crippen molar-refractivity contribution in [3.63, 3.8) is 0 Å². The van der Waals surface area contributed by atoms with E-state index < -0.39 is 0 Å². The molecule has 4 rings (SSSR count). The van der Waals surface area contributed by atoms with Gasteiger partial charge in [-0.25, -0.2) is 9.98 Å². The number of hydrogen-bond donors (Lipinski definition) is 3. The number of aliphatic hydroxyl groups excluding tert-OH is 1. The van der Waals surface area contributed by atoms with Crippen molar-refractivity contribution in [1.29, 1.82) is 0 Å². The molecule has 0 unspecified atom stereocenters. The molecule has 2 aliphatic rings. The van der Waals surface area contributed by atoms with E-state index in [1.807, 2.05) is 6.07 Å². The lowest BCUT2D eigenvalue weighted by Crippen LogP contribution is -2.29. The number of ether oxygens (including phenoxy) is 1. The Morgan fingerprint density at radius 3 is 2.54 bits per heavy atom. The number of nitrogens with one attached hydrogen (secondary N) is 2. The largest absolute Gasteiger partial charge is 0.396 e. The number of aliphatic hydroxyl groups is 1. The van der Waals surface area contributed by atoms with Crippen molar-refractivity contribution in [3.8, 4) is 0 Å². The maximum absolute atomic E-state index is 9.49. The molecule has 1 fully saturated rings. The van der Waals surface area contributed by atoms with Gasteiger partial charge >= 0.3 is 0 Å². The Morgan fingerprint density at radius 2 is 1.83 bits per heavy atom. The predicted octanol–water partition coefficient (Wildman–Crippen LogP) is 5.94. The Labute approximate surface area is 214 Å². The number of nitrogens with zero attached hydrogens (tertiary/aromatic N) is 3. The summed E-state index contributed by atoms with van der Waals surface area (Å²) in [7, 11) is 3.25. The lowest BCUT2D eigenvalue weighted by atomic mass is 9.86. The maximum atomic E-state index is 9.49. The van der Waals surface area contributed by atoms with E-state index in [1.54, 1.807) is 26.0 Å². The second kappa shape index (κ2) is 14.4. The summed E-state index contributed by atoms with van der Waals surface area (Å²) in [5, 5.41) is 17.6. The Hall–Kier alpha value is -2.16. The molecule has 1 aliphatic heterocycles. The van der Waals surface area contributed by atoms with E-state index in [0.29, 0.717) is 24.5 Å². The number of fused-ring (bicyclic) bond motifs is 1. The van der Waals surface area contributed by atoms with Crippen LogP contribution >= 0.6 is 11.8 Å². The number of aryl methyl sites for hydroxylation is 1. The van der Waals surface area contributed by atoms with E-state index in [0.717, 1.165) is 72.2 Å². The summed E-state index contributed by atoms with van der Waals surface area (Å²) < 4.78 is 4.25.